The van der Waals surface area contributed by atoms with Gasteiger partial charge in [0, 0.05) is 36.7 Å². The van der Waals surface area contributed by atoms with Gasteiger partial charge in [-0.25, -0.2) is 9.67 Å². The molecule has 0 aromatic carbocycles. The summed E-state index contributed by atoms with van der Waals surface area (Å²) in [5.41, 5.74) is 0.927. The van der Waals surface area contributed by atoms with Crippen LogP contribution in [-0.4, -0.2) is 44.2 Å². The molecule has 0 spiro atoms. The van der Waals surface area contributed by atoms with Gasteiger partial charge in [-0.2, -0.15) is 5.10 Å². The van der Waals surface area contributed by atoms with Crippen LogP contribution in [0.1, 0.15) is 43.7 Å². The number of hydrogen-bond acceptors (Lipinski definition) is 7. The Hall–Kier alpha value is -2.17. The molecule has 0 bridgehead atoms. The standard InChI is InChI=1S/C21H29N5O3S2/c1-6-29-11-7-10-25-20(28)18-14(4)15(5)31-19(18)24-21(25)30-12-17(27)23-16-8-9-22-26(16)13(2)3/h8-9,13H,6-7,10-12H2,1-5H3,(H,23,27). The number of thioether (sulfide) groups is 1. The van der Waals surface area contributed by atoms with Gasteiger partial charge in [0.1, 0.15) is 10.6 Å². The molecular formula is C21H29N5O3S2. The Morgan fingerprint density at radius 3 is 2.84 bits per heavy atom. The second-order valence-electron chi connectivity index (χ2n) is 7.46. The Bertz CT molecular complexity index is 1120. The molecule has 0 saturated carbocycles. The number of aromatic nitrogens is 4. The van der Waals surface area contributed by atoms with E-state index in [0.29, 0.717) is 42.5 Å². The minimum atomic E-state index is -0.166. The SMILES string of the molecule is CCOCCCn1c(SCC(=O)Nc2ccnn2C(C)C)nc2sc(C)c(C)c2c1=O. The zero-order chi connectivity index (χ0) is 22.5. The first-order chi connectivity index (χ1) is 14.8. The van der Waals surface area contributed by atoms with Crippen LogP contribution in [-0.2, 0) is 16.1 Å². The van der Waals surface area contributed by atoms with Crippen LogP contribution in [0.2, 0.25) is 0 Å². The molecule has 0 unspecified atom stereocenters. The van der Waals surface area contributed by atoms with Gasteiger partial charge in [0.05, 0.1) is 17.3 Å². The number of aryl methyl sites for hydroxylation is 2. The molecule has 3 heterocycles. The lowest BCUT2D eigenvalue weighted by Crippen LogP contribution is -2.25. The first-order valence-electron chi connectivity index (χ1n) is 10.4. The average Bonchev–Trinajstić information content (AvgIpc) is 3.29. The monoisotopic (exact) mass is 463 g/mol. The molecule has 10 heteroatoms. The fourth-order valence-corrected chi connectivity index (χ4v) is 5.11. The zero-order valence-electron chi connectivity index (χ0n) is 18.6. The predicted molar refractivity (Wildman–Crippen MR) is 126 cm³/mol. The summed E-state index contributed by atoms with van der Waals surface area (Å²) in [6.45, 7) is 11.6. The Balaban J connectivity index is 1.81. The van der Waals surface area contributed by atoms with Crippen molar-refractivity contribution in [2.24, 2.45) is 0 Å². The maximum Gasteiger partial charge on any atom is 0.263 e. The summed E-state index contributed by atoms with van der Waals surface area (Å²) in [6.07, 6.45) is 2.37. The number of rotatable bonds is 10. The van der Waals surface area contributed by atoms with E-state index in [1.54, 1.807) is 21.5 Å². The molecule has 0 fully saturated rings. The molecule has 0 aliphatic rings. The van der Waals surface area contributed by atoms with Gasteiger partial charge in [-0.1, -0.05) is 11.8 Å². The highest BCUT2D eigenvalue weighted by Gasteiger charge is 2.18. The third-order valence-corrected chi connectivity index (χ3v) is 6.97. The molecule has 0 aliphatic carbocycles. The Morgan fingerprint density at radius 2 is 2.13 bits per heavy atom. The lowest BCUT2D eigenvalue weighted by molar-refractivity contribution is -0.113. The average molecular weight is 464 g/mol. The normalized spacial score (nSPS) is 11.5. The Morgan fingerprint density at radius 1 is 1.35 bits per heavy atom. The number of fused-ring (bicyclic) bond motifs is 1. The number of ether oxygens (including phenoxy) is 1. The van der Waals surface area contributed by atoms with E-state index in [1.807, 2.05) is 34.6 Å². The van der Waals surface area contributed by atoms with E-state index in [1.165, 1.54) is 23.1 Å². The molecule has 3 aromatic rings. The predicted octanol–water partition coefficient (Wildman–Crippen LogP) is 4.01. The lowest BCUT2D eigenvalue weighted by atomic mass is 10.2. The van der Waals surface area contributed by atoms with Crippen LogP contribution < -0.4 is 10.9 Å². The first-order valence-corrected chi connectivity index (χ1v) is 12.2. The summed E-state index contributed by atoms with van der Waals surface area (Å²) in [6, 6.07) is 1.91. The van der Waals surface area contributed by atoms with Crippen molar-refractivity contribution in [3.63, 3.8) is 0 Å². The van der Waals surface area contributed by atoms with E-state index < -0.39 is 0 Å². The van der Waals surface area contributed by atoms with E-state index in [0.717, 1.165) is 15.3 Å². The second-order valence-corrected chi connectivity index (χ2v) is 9.60. The van der Waals surface area contributed by atoms with Crippen molar-refractivity contribution in [3.05, 3.63) is 33.1 Å². The van der Waals surface area contributed by atoms with Gasteiger partial charge in [0.2, 0.25) is 5.91 Å². The molecule has 3 rings (SSSR count). The molecule has 0 saturated heterocycles. The van der Waals surface area contributed by atoms with Crippen molar-refractivity contribution < 1.29 is 9.53 Å². The second kappa shape index (κ2) is 10.4. The van der Waals surface area contributed by atoms with Gasteiger partial charge in [0.15, 0.2) is 5.16 Å². The van der Waals surface area contributed by atoms with Crippen molar-refractivity contribution in [1.82, 2.24) is 19.3 Å². The number of amides is 1. The first kappa shape index (κ1) is 23.5. The number of nitrogens with zero attached hydrogens (tertiary/aromatic N) is 4. The molecule has 1 amide bonds. The summed E-state index contributed by atoms with van der Waals surface area (Å²) < 4.78 is 8.86. The van der Waals surface area contributed by atoms with E-state index in [2.05, 4.69) is 10.4 Å². The highest BCUT2D eigenvalue weighted by molar-refractivity contribution is 7.99. The van der Waals surface area contributed by atoms with Crippen LogP contribution >= 0.6 is 23.1 Å². The molecular weight excluding hydrogens is 434 g/mol. The minimum Gasteiger partial charge on any atom is -0.382 e. The maximum absolute atomic E-state index is 13.2. The molecule has 8 nitrogen and oxygen atoms in total. The Kier molecular flexibility index (Phi) is 7.90. The third kappa shape index (κ3) is 5.36. The number of hydrogen-bond donors (Lipinski definition) is 1. The quantitative estimate of drug-likeness (QED) is 0.278. The molecule has 0 atom stereocenters. The number of carbonyl (C=O) groups is 1. The van der Waals surface area contributed by atoms with Crippen molar-refractivity contribution in [3.8, 4) is 0 Å². The van der Waals surface area contributed by atoms with Crippen LogP contribution in [0, 0.1) is 13.8 Å². The van der Waals surface area contributed by atoms with Gasteiger partial charge < -0.3 is 10.1 Å². The number of anilines is 1. The van der Waals surface area contributed by atoms with Crippen LogP contribution in [0.5, 0.6) is 0 Å². The number of thiophene rings is 1. The molecule has 0 radical (unpaired) electrons. The number of nitrogens with one attached hydrogen (secondary N) is 1. The lowest BCUT2D eigenvalue weighted by Gasteiger charge is -2.13. The summed E-state index contributed by atoms with van der Waals surface area (Å²) >= 11 is 2.79. The highest BCUT2D eigenvalue weighted by Crippen LogP contribution is 2.28. The summed E-state index contributed by atoms with van der Waals surface area (Å²) in [5, 5.41) is 8.36. The topological polar surface area (TPSA) is 91.0 Å². The van der Waals surface area contributed by atoms with Gasteiger partial charge in [-0.15, -0.1) is 11.3 Å². The third-order valence-electron chi connectivity index (χ3n) is 4.89. The Labute approximate surface area is 190 Å². The molecule has 1 N–H and O–H groups in total. The van der Waals surface area contributed by atoms with Crippen LogP contribution in [0.15, 0.2) is 22.2 Å². The van der Waals surface area contributed by atoms with E-state index >= 15 is 0 Å². The maximum atomic E-state index is 13.2. The van der Waals surface area contributed by atoms with Gasteiger partial charge in [-0.05, 0) is 46.6 Å². The van der Waals surface area contributed by atoms with Crippen molar-refractivity contribution in [2.45, 2.75) is 58.8 Å². The fourth-order valence-electron chi connectivity index (χ4n) is 3.22. The van der Waals surface area contributed by atoms with Gasteiger partial charge in [-0.3, -0.25) is 14.2 Å². The van der Waals surface area contributed by atoms with E-state index in [4.69, 9.17) is 9.72 Å². The molecule has 168 valence electrons. The highest BCUT2D eigenvalue weighted by atomic mass is 32.2. The van der Waals surface area contributed by atoms with Crippen LogP contribution in [0.3, 0.4) is 0 Å². The smallest absolute Gasteiger partial charge is 0.263 e. The van der Waals surface area contributed by atoms with Gasteiger partial charge in [0.25, 0.3) is 5.56 Å². The van der Waals surface area contributed by atoms with Crippen LogP contribution in [0.4, 0.5) is 5.82 Å². The van der Waals surface area contributed by atoms with Crippen molar-refractivity contribution >= 4 is 45.0 Å². The zero-order valence-corrected chi connectivity index (χ0v) is 20.2. The molecule has 31 heavy (non-hydrogen) atoms. The molecule has 0 aliphatic heterocycles. The van der Waals surface area contributed by atoms with Crippen LogP contribution in [0.25, 0.3) is 10.2 Å². The van der Waals surface area contributed by atoms with E-state index in [-0.39, 0.29) is 23.3 Å². The number of carbonyl (C=O) groups excluding carboxylic acids is 1. The largest absolute Gasteiger partial charge is 0.382 e. The minimum absolute atomic E-state index is 0.0517. The van der Waals surface area contributed by atoms with Crippen molar-refractivity contribution in [1.29, 1.82) is 0 Å². The fraction of sp³-hybridized carbons (Fsp3) is 0.524. The van der Waals surface area contributed by atoms with Crippen molar-refractivity contribution in [2.75, 3.05) is 24.3 Å². The van der Waals surface area contributed by atoms with Gasteiger partial charge >= 0.3 is 0 Å². The summed E-state index contributed by atoms with van der Waals surface area (Å²) in [7, 11) is 0. The summed E-state index contributed by atoms with van der Waals surface area (Å²) in [4.78, 5) is 32.3. The summed E-state index contributed by atoms with van der Waals surface area (Å²) in [5.74, 6) is 0.638. The molecule has 3 aromatic heterocycles. The van der Waals surface area contributed by atoms with E-state index in [9.17, 15) is 9.59 Å².